The Bertz CT molecular complexity index is 586. The van der Waals surface area contributed by atoms with E-state index in [9.17, 15) is 10.2 Å². The molecule has 2 saturated carbocycles. The quantitative estimate of drug-likeness (QED) is 0.686. The van der Waals surface area contributed by atoms with E-state index in [1.54, 1.807) is 5.57 Å². The topological polar surface area (TPSA) is 55.7 Å². The van der Waals surface area contributed by atoms with E-state index >= 15 is 0 Å². The first-order valence-electron chi connectivity index (χ1n) is 10.6. The maximum atomic E-state index is 12.1. The van der Waals surface area contributed by atoms with E-state index in [0.29, 0.717) is 12.1 Å². The zero-order chi connectivity index (χ0) is 17.2. The molecular weight excluding hydrogens is 312 g/mol. The Labute approximate surface area is 151 Å². The van der Waals surface area contributed by atoms with E-state index in [2.05, 4.69) is 17.3 Å². The van der Waals surface area contributed by atoms with Crippen molar-refractivity contribution in [1.29, 1.82) is 0 Å². The molecule has 3 N–H and O–H groups in total. The van der Waals surface area contributed by atoms with Crippen molar-refractivity contribution >= 4 is 0 Å². The Morgan fingerprint density at radius 2 is 2.00 bits per heavy atom. The minimum absolute atomic E-state index is 0.0847. The summed E-state index contributed by atoms with van der Waals surface area (Å²) in [7, 11) is 2.07. The molecule has 2 bridgehead atoms. The molecule has 1 aliphatic heterocycles. The summed E-state index contributed by atoms with van der Waals surface area (Å²) in [4.78, 5) is 2.66. The van der Waals surface area contributed by atoms with Gasteiger partial charge in [0.1, 0.15) is 0 Å². The highest BCUT2D eigenvalue weighted by Crippen LogP contribution is 2.63. The van der Waals surface area contributed by atoms with E-state index < -0.39 is 5.60 Å². The molecule has 0 unspecified atom stereocenters. The first kappa shape index (κ1) is 16.7. The van der Waals surface area contributed by atoms with Crippen LogP contribution < -0.4 is 5.32 Å². The molecule has 5 rings (SSSR count). The van der Waals surface area contributed by atoms with E-state index in [1.165, 1.54) is 25.0 Å². The van der Waals surface area contributed by atoms with Crippen LogP contribution in [0.2, 0.25) is 0 Å². The van der Waals surface area contributed by atoms with Crippen LogP contribution in [0.5, 0.6) is 0 Å². The lowest BCUT2D eigenvalue weighted by Crippen LogP contribution is -2.72. The predicted octanol–water partition coefficient (Wildman–Crippen LogP) is 2.21. The number of likely N-dealkylation sites (tertiary alicyclic amines) is 1. The lowest BCUT2D eigenvalue weighted by Gasteiger charge is -2.66. The summed E-state index contributed by atoms with van der Waals surface area (Å²) in [6.07, 6.45) is 10.5. The number of hydrogen-bond donors (Lipinski definition) is 3. The fraction of sp³-hybridized carbons (Fsp3) is 0.905. The van der Waals surface area contributed by atoms with Crippen molar-refractivity contribution in [3.8, 4) is 0 Å². The lowest BCUT2D eigenvalue weighted by molar-refractivity contribution is -0.193. The summed E-state index contributed by atoms with van der Waals surface area (Å²) in [6, 6.07) is 0.815. The van der Waals surface area contributed by atoms with Crippen molar-refractivity contribution < 1.29 is 10.2 Å². The van der Waals surface area contributed by atoms with Crippen LogP contribution in [-0.4, -0.2) is 59.0 Å². The molecule has 3 fully saturated rings. The molecule has 5 aliphatic rings. The van der Waals surface area contributed by atoms with Crippen LogP contribution in [0.25, 0.3) is 0 Å². The average molecular weight is 347 g/mol. The highest BCUT2D eigenvalue weighted by atomic mass is 16.3. The maximum absolute atomic E-state index is 12.1. The molecule has 0 aromatic rings. The standard InChI is InChI=1S/C21H34N2O2/c1-22-16-6-7-21(25)19-10-15-4-5-17(24)11-18(15)20(21,12-16)8-9-23(19)13-14-2-3-14/h14,16-17,19,22,24-25H,2-13H2,1H3/t16-,17+,19+,20+,21+/m0/s1. The Hall–Kier alpha value is -0.420. The zero-order valence-corrected chi connectivity index (χ0v) is 15.6. The molecule has 4 heteroatoms. The highest BCUT2D eigenvalue weighted by molar-refractivity contribution is 5.39. The van der Waals surface area contributed by atoms with Crippen LogP contribution in [-0.2, 0) is 0 Å². The average Bonchev–Trinajstić information content (AvgIpc) is 3.41. The van der Waals surface area contributed by atoms with Gasteiger partial charge in [-0.2, -0.15) is 0 Å². The molecule has 0 aromatic carbocycles. The van der Waals surface area contributed by atoms with Gasteiger partial charge in [0, 0.05) is 24.0 Å². The van der Waals surface area contributed by atoms with Crippen molar-refractivity contribution in [3.63, 3.8) is 0 Å². The first-order chi connectivity index (χ1) is 12.1. The third kappa shape index (κ3) is 2.40. The van der Waals surface area contributed by atoms with Crippen LogP contribution >= 0.6 is 0 Å². The van der Waals surface area contributed by atoms with Crippen LogP contribution in [0.3, 0.4) is 0 Å². The number of hydrogen-bond acceptors (Lipinski definition) is 4. The largest absolute Gasteiger partial charge is 0.393 e. The molecule has 4 aliphatic carbocycles. The van der Waals surface area contributed by atoms with Gasteiger partial charge in [0.05, 0.1) is 11.7 Å². The number of piperidine rings is 1. The summed E-state index contributed by atoms with van der Waals surface area (Å²) in [5, 5.41) is 26.0. The van der Waals surface area contributed by atoms with E-state index in [1.807, 2.05) is 0 Å². The van der Waals surface area contributed by atoms with Gasteiger partial charge >= 0.3 is 0 Å². The lowest BCUT2D eigenvalue weighted by atomic mass is 9.47. The number of aliphatic hydroxyl groups excluding tert-OH is 1. The maximum Gasteiger partial charge on any atom is 0.0899 e. The van der Waals surface area contributed by atoms with Crippen molar-refractivity contribution in [2.45, 2.75) is 88.0 Å². The number of aliphatic hydroxyl groups is 2. The Morgan fingerprint density at radius 3 is 2.76 bits per heavy atom. The van der Waals surface area contributed by atoms with Crippen molar-refractivity contribution in [2.24, 2.45) is 11.3 Å². The van der Waals surface area contributed by atoms with Gasteiger partial charge in [0.25, 0.3) is 0 Å². The van der Waals surface area contributed by atoms with Crippen LogP contribution in [0.15, 0.2) is 11.1 Å². The number of rotatable bonds is 3. The smallest absolute Gasteiger partial charge is 0.0899 e. The van der Waals surface area contributed by atoms with Crippen molar-refractivity contribution in [2.75, 3.05) is 20.1 Å². The molecule has 0 spiro atoms. The SMILES string of the molecule is CN[C@H]1CC[C@@]2(O)[C@H]3CC4=C(C[C@H](O)CC4)[C@@]2(CCN3CC2CC2)C1. The minimum Gasteiger partial charge on any atom is -0.393 e. The molecule has 140 valence electrons. The predicted molar refractivity (Wildman–Crippen MR) is 98.3 cm³/mol. The second-order valence-electron chi connectivity index (χ2n) is 9.62. The second kappa shape index (κ2) is 5.79. The molecule has 0 amide bonds. The van der Waals surface area contributed by atoms with Crippen LogP contribution in [0, 0.1) is 11.3 Å². The van der Waals surface area contributed by atoms with Crippen LogP contribution in [0.1, 0.15) is 64.2 Å². The van der Waals surface area contributed by atoms with Gasteiger partial charge < -0.3 is 15.5 Å². The number of nitrogens with one attached hydrogen (secondary N) is 1. The zero-order valence-electron chi connectivity index (χ0n) is 15.6. The third-order valence-corrected chi connectivity index (χ3v) is 8.38. The molecule has 1 saturated heterocycles. The molecule has 4 nitrogen and oxygen atoms in total. The van der Waals surface area contributed by atoms with Crippen LogP contribution in [0.4, 0.5) is 0 Å². The van der Waals surface area contributed by atoms with Gasteiger partial charge in [-0.25, -0.2) is 0 Å². The van der Waals surface area contributed by atoms with Gasteiger partial charge in [-0.1, -0.05) is 11.1 Å². The fourth-order valence-electron chi connectivity index (χ4n) is 6.83. The second-order valence-corrected chi connectivity index (χ2v) is 9.62. The highest BCUT2D eigenvalue weighted by Gasteiger charge is 2.65. The molecule has 0 radical (unpaired) electrons. The number of nitrogens with zero attached hydrogens (tertiary/aromatic N) is 1. The van der Waals surface area contributed by atoms with Crippen molar-refractivity contribution in [1.82, 2.24) is 10.2 Å². The summed E-state index contributed by atoms with van der Waals surface area (Å²) in [6.45, 7) is 2.33. The molecule has 0 aromatic heterocycles. The van der Waals surface area contributed by atoms with E-state index in [4.69, 9.17) is 0 Å². The minimum atomic E-state index is -0.580. The third-order valence-electron chi connectivity index (χ3n) is 8.38. The van der Waals surface area contributed by atoms with Gasteiger partial charge in [-0.05, 0) is 83.7 Å². The van der Waals surface area contributed by atoms with E-state index in [0.717, 1.165) is 63.8 Å². The Kier molecular flexibility index (Phi) is 3.87. The summed E-state index contributed by atoms with van der Waals surface area (Å²) in [5.41, 5.74) is 2.40. The van der Waals surface area contributed by atoms with Gasteiger partial charge in [0.2, 0.25) is 0 Å². The van der Waals surface area contributed by atoms with Crippen molar-refractivity contribution in [3.05, 3.63) is 11.1 Å². The monoisotopic (exact) mass is 346 g/mol. The fourth-order valence-corrected chi connectivity index (χ4v) is 6.83. The molecular formula is C21H34N2O2. The van der Waals surface area contributed by atoms with E-state index in [-0.39, 0.29) is 11.5 Å². The molecule has 1 heterocycles. The normalized spacial score (nSPS) is 47.4. The Morgan fingerprint density at radius 1 is 1.16 bits per heavy atom. The summed E-state index contributed by atoms with van der Waals surface area (Å²) in [5.74, 6) is 0.883. The van der Waals surface area contributed by atoms with Gasteiger partial charge in [-0.3, -0.25) is 4.90 Å². The van der Waals surface area contributed by atoms with Gasteiger partial charge in [-0.15, -0.1) is 0 Å². The summed E-state index contributed by atoms with van der Waals surface area (Å²) >= 11 is 0. The summed E-state index contributed by atoms with van der Waals surface area (Å²) < 4.78 is 0. The molecule has 25 heavy (non-hydrogen) atoms. The first-order valence-corrected chi connectivity index (χ1v) is 10.6. The molecule has 5 atom stereocenters. The van der Waals surface area contributed by atoms with Gasteiger partial charge in [0.15, 0.2) is 0 Å². The Balaban J connectivity index is 1.57.